The van der Waals surface area contributed by atoms with E-state index in [1.54, 1.807) is 19.1 Å². The minimum Gasteiger partial charge on any atom is -0.360 e. The van der Waals surface area contributed by atoms with Crippen LogP contribution in [0.5, 0.6) is 0 Å². The van der Waals surface area contributed by atoms with Crippen LogP contribution in [0.2, 0.25) is 5.02 Å². The van der Waals surface area contributed by atoms with Crippen LogP contribution in [0.4, 0.5) is 5.69 Å². The number of anilines is 1. The third-order valence-corrected chi connectivity index (χ3v) is 6.79. The smallest absolute Gasteiger partial charge is 0.232 e. The summed E-state index contributed by atoms with van der Waals surface area (Å²) < 4.78 is 31.0. The fraction of sp³-hybridized carbons (Fsp3) is 0.412. The van der Waals surface area contributed by atoms with E-state index >= 15 is 0 Å². The quantitative estimate of drug-likeness (QED) is 0.504. The molecule has 0 atom stereocenters. The number of hydrogen-bond acceptors (Lipinski definition) is 6. The predicted molar refractivity (Wildman–Crippen MR) is 103 cm³/mol. The van der Waals surface area contributed by atoms with E-state index in [9.17, 15) is 13.2 Å². The van der Waals surface area contributed by atoms with Crippen molar-refractivity contribution in [2.45, 2.75) is 30.6 Å². The van der Waals surface area contributed by atoms with Crippen LogP contribution in [0.1, 0.15) is 47.4 Å². The maximum atomic E-state index is 13.2. The molecule has 1 aliphatic carbocycles. The highest BCUT2D eigenvalue weighted by molar-refractivity contribution is 7.98. The number of thioether (sulfide) groups is 1. The fourth-order valence-corrected chi connectivity index (χ4v) is 4.91. The second-order valence-corrected chi connectivity index (χ2v) is 9.25. The predicted octanol–water partition coefficient (Wildman–Crippen LogP) is 3.94. The number of ketones is 1. The zero-order chi connectivity index (χ0) is 19.1. The summed E-state index contributed by atoms with van der Waals surface area (Å²) in [5.74, 6) is 0.436. The van der Waals surface area contributed by atoms with Gasteiger partial charge in [0.2, 0.25) is 10.0 Å². The number of benzene rings is 1. The molecule has 1 heterocycles. The topological polar surface area (TPSA) is 80.5 Å². The van der Waals surface area contributed by atoms with Gasteiger partial charge in [-0.25, -0.2) is 8.42 Å². The van der Waals surface area contributed by atoms with Crippen LogP contribution >= 0.6 is 23.4 Å². The summed E-state index contributed by atoms with van der Waals surface area (Å²) in [6, 6.07) is 3.34. The SMILES string of the molecule is CCN(c1c(C(=O)c2cnoc2C2CC2)ccc(SC)c1Cl)S(C)(=O)=O. The lowest BCUT2D eigenvalue weighted by molar-refractivity contribution is 0.103. The monoisotopic (exact) mass is 414 g/mol. The maximum Gasteiger partial charge on any atom is 0.232 e. The Morgan fingerprint density at radius 1 is 1.38 bits per heavy atom. The van der Waals surface area contributed by atoms with E-state index in [1.807, 2.05) is 6.26 Å². The maximum absolute atomic E-state index is 13.2. The number of nitrogens with zero attached hydrogens (tertiary/aromatic N) is 2. The van der Waals surface area contributed by atoms with Gasteiger partial charge < -0.3 is 4.52 Å². The number of carbonyl (C=O) groups excluding carboxylic acids is 1. The Hall–Kier alpha value is -1.51. The van der Waals surface area contributed by atoms with Gasteiger partial charge in [-0.2, -0.15) is 0 Å². The molecular weight excluding hydrogens is 396 g/mol. The van der Waals surface area contributed by atoms with Crippen LogP contribution in [0.3, 0.4) is 0 Å². The average molecular weight is 415 g/mol. The van der Waals surface area contributed by atoms with Crippen LogP contribution in [0, 0.1) is 0 Å². The molecular formula is C17H19ClN2O4S2. The van der Waals surface area contributed by atoms with Crippen molar-refractivity contribution < 1.29 is 17.7 Å². The number of hydrogen-bond donors (Lipinski definition) is 0. The molecule has 26 heavy (non-hydrogen) atoms. The van der Waals surface area contributed by atoms with Crippen molar-refractivity contribution in [1.29, 1.82) is 0 Å². The van der Waals surface area contributed by atoms with Crippen LogP contribution in [0.25, 0.3) is 0 Å². The van der Waals surface area contributed by atoms with E-state index in [2.05, 4.69) is 5.16 Å². The lowest BCUT2D eigenvalue weighted by Crippen LogP contribution is -2.31. The molecule has 2 aromatic rings. The first-order valence-corrected chi connectivity index (χ1v) is 11.6. The van der Waals surface area contributed by atoms with Crippen LogP contribution < -0.4 is 4.31 Å². The first-order valence-electron chi connectivity index (χ1n) is 8.13. The third-order valence-electron chi connectivity index (χ3n) is 4.27. The molecule has 0 aliphatic heterocycles. The highest BCUT2D eigenvalue weighted by Crippen LogP contribution is 2.44. The molecule has 0 N–H and O–H groups in total. The zero-order valence-electron chi connectivity index (χ0n) is 14.7. The van der Waals surface area contributed by atoms with Gasteiger partial charge in [0.15, 0.2) is 11.5 Å². The molecule has 1 aliphatic rings. The molecule has 0 radical (unpaired) electrons. The van der Waals surface area contributed by atoms with Crippen molar-refractivity contribution >= 4 is 44.9 Å². The summed E-state index contributed by atoms with van der Waals surface area (Å²) in [6.45, 7) is 1.86. The molecule has 0 bridgehead atoms. The number of halogens is 1. The van der Waals surface area contributed by atoms with Gasteiger partial charge in [0.1, 0.15) is 0 Å². The summed E-state index contributed by atoms with van der Waals surface area (Å²) >= 11 is 7.88. The number of aromatic nitrogens is 1. The van der Waals surface area contributed by atoms with Crippen LogP contribution in [-0.4, -0.2) is 38.4 Å². The molecule has 0 amide bonds. The van der Waals surface area contributed by atoms with E-state index < -0.39 is 10.0 Å². The summed E-state index contributed by atoms with van der Waals surface area (Å²) in [4.78, 5) is 13.9. The Morgan fingerprint density at radius 2 is 2.08 bits per heavy atom. The van der Waals surface area contributed by atoms with Gasteiger partial charge in [-0.1, -0.05) is 16.8 Å². The average Bonchev–Trinajstić information content (AvgIpc) is 3.31. The number of sulfonamides is 1. The Balaban J connectivity index is 2.19. The normalized spacial score (nSPS) is 14.5. The first kappa shape index (κ1) is 19.3. The first-order chi connectivity index (χ1) is 12.3. The molecule has 3 rings (SSSR count). The van der Waals surface area contributed by atoms with Gasteiger partial charge in [0.05, 0.1) is 28.7 Å². The summed E-state index contributed by atoms with van der Waals surface area (Å²) in [7, 11) is -3.61. The highest BCUT2D eigenvalue weighted by Gasteiger charge is 2.34. The Morgan fingerprint density at radius 3 is 2.62 bits per heavy atom. The minimum atomic E-state index is -3.61. The lowest BCUT2D eigenvalue weighted by atomic mass is 10.0. The number of rotatable bonds is 7. The molecule has 1 aromatic heterocycles. The van der Waals surface area contributed by atoms with E-state index in [4.69, 9.17) is 16.1 Å². The van der Waals surface area contributed by atoms with Crippen molar-refractivity contribution in [1.82, 2.24) is 5.16 Å². The Kier molecular flexibility index (Phi) is 5.37. The Bertz CT molecular complexity index is 952. The van der Waals surface area contributed by atoms with Crippen LogP contribution in [0.15, 0.2) is 27.7 Å². The van der Waals surface area contributed by atoms with Gasteiger partial charge in [-0.3, -0.25) is 9.10 Å². The molecule has 6 nitrogen and oxygen atoms in total. The van der Waals surface area contributed by atoms with Crippen molar-refractivity contribution in [2.24, 2.45) is 0 Å². The summed E-state index contributed by atoms with van der Waals surface area (Å²) in [5.41, 5.74) is 0.799. The van der Waals surface area contributed by atoms with E-state index in [1.165, 1.54) is 18.0 Å². The summed E-state index contributed by atoms with van der Waals surface area (Å²) in [6.07, 6.45) is 6.25. The zero-order valence-corrected chi connectivity index (χ0v) is 17.0. The van der Waals surface area contributed by atoms with Gasteiger partial charge in [-0.15, -0.1) is 11.8 Å². The molecule has 1 saturated carbocycles. The molecule has 140 valence electrons. The van der Waals surface area contributed by atoms with Crippen molar-refractivity contribution in [3.63, 3.8) is 0 Å². The molecule has 0 saturated heterocycles. The molecule has 1 aromatic carbocycles. The van der Waals surface area contributed by atoms with Gasteiger partial charge in [0, 0.05) is 22.9 Å². The lowest BCUT2D eigenvalue weighted by Gasteiger charge is -2.25. The molecule has 0 unspecified atom stereocenters. The number of carbonyl (C=O) groups is 1. The van der Waals surface area contributed by atoms with E-state index in [0.29, 0.717) is 16.2 Å². The largest absolute Gasteiger partial charge is 0.360 e. The fourth-order valence-electron chi connectivity index (χ4n) is 2.89. The second-order valence-electron chi connectivity index (χ2n) is 6.11. The highest BCUT2D eigenvalue weighted by atomic mass is 35.5. The molecule has 0 spiro atoms. The van der Waals surface area contributed by atoms with Gasteiger partial charge in [0.25, 0.3) is 0 Å². The summed E-state index contributed by atoms with van der Waals surface area (Å²) in [5, 5.41) is 4.01. The Labute approximate surface area is 161 Å². The third kappa shape index (κ3) is 3.50. The minimum absolute atomic E-state index is 0.162. The second kappa shape index (κ2) is 7.25. The van der Waals surface area contributed by atoms with Crippen molar-refractivity contribution in [3.8, 4) is 0 Å². The van der Waals surface area contributed by atoms with Gasteiger partial charge >= 0.3 is 0 Å². The van der Waals surface area contributed by atoms with Crippen molar-refractivity contribution in [3.05, 3.63) is 40.2 Å². The van der Waals surface area contributed by atoms with Crippen molar-refractivity contribution in [2.75, 3.05) is 23.4 Å². The van der Waals surface area contributed by atoms with Crippen LogP contribution in [-0.2, 0) is 10.0 Å². The standard InChI is InChI=1S/C17H19ClN2O4S2/c1-4-20(26(3,22)23)15-11(7-8-13(25-2)14(15)18)16(21)12-9-19-24-17(12)10-5-6-10/h7-10H,4-6H2,1-3H3. The molecule has 9 heteroatoms. The molecule has 1 fully saturated rings. The van der Waals surface area contributed by atoms with Gasteiger partial charge in [-0.05, 0) is 38.2 Å². The van der Waals surface area contributed by atoms with E-state index in [0.717, 1.165) is 23.4 Å². The van der Waals surface area contributed by atoms with E-state index in [-0.39, 0.29) is 34.5 Å².